The summed E-state index contributed by atoms with van der Waals surface area (Å²) in [5.74, 6) is 1.45. The van der Waals surface area contributed by atoms with Gasteiger partial charge in [-0.05, 0) is 25.0 Å². The van der Waals surface area contributed by atoms with E-state index in [1.165, 1.54) is 5.56 Å². The van der Waals surface area contributed by atoms with Gasteiger partial charge in [0.2, 0.25) is 0 Å². The van der Waals surface area contributed by atoms with Crippen LogP contribution in [0.5, 0.6) is 0 Å². The summed E-state index contributed by atoms with van der Waals surface area (Å²) in [6.45, 7) is 8.20. The van der Waals surface area contributed by atoms with E-state index in [0.717, 1.165) is 29.9 Å². The van der Waals surface area contributed by atoms with Gasteiger partial charge < -0.3 is 10.3 Å². The van der Waals surface area contributed by atoms with Crippen molar-refractivity contribution < 1.29 is 0 Å². The van der Waals surface area contributed by atoms with Gasteiger partial charge in [-0.15, -0.1) is 0 Å². The van der Waals surface area contributed by atoms with Gasteiger partial charge in [0.1, 0.15) is 5.82 Å². The van der Waals surface area contributed by atoms with Gasteiger partial charge in [-0.3, -0.25) is 4.68 Å². The summed E-state index contributed by atoms with van der Waals surface area (Å²) in [7, 11) is 0. The molecule has 1 unspecified atom stereocenters. The molecule has 0 fully saturated rings. The van der Waals surface area contributed by atoms with Crippen LogP contribution in [0.3, 0.4) is 0 Å². The molecule has 0 amide bonds. The van der Waals surface area contributed by atoms with Gasteiger partial charge in [0.05, 0.1) is 23.3 Å². The van der Waals surface area contributed by atoms with Gasteiger partial charge in [-0.1, -0.05) is 26.0 Å². The van der Waals surface area contributed by atoms with E-state index in [0.29, 0.717) is 5.92 Å². The summed E-state index contributed by atoms with van der Waals surface area (Å²) in [6, 6.07) is 8.34. The molecular formula is C17H23N5. The smallest absolute Gasteiger partial charge is 0.124 e. The maximum Gasteiger partial charge on any atom is 0.124 e. The van der Waals surface area contributed by atoms with Crippen molar-refractivity contribution in [2.24, 2.45) is 5.92 Å². The third kappa shape index (κ3) is 3.04. The second-order valence-corrected chi connectivity index (χ2v) is 5.95. The lowest BCUT2D eigenvalue weighted by Gasteiger charge is -2.20. The lowest BCUT2D eigenvalue weighted by Crippen LogP contribution is -2.26. The van der Waals surface area contributed by atoms with Crippen molar-refractivity contribution in [3.05, 3.63) is 48.0 Å². The number of para-hydroxylation sites is 2. The van der Waals surface area contributed by atoms with E-state index in [4.69, 9.17) is 4.98 Å². The number of aryl methyl sites for hydroxylation is 1. The molecule has 3 aromatic rings. The second kappa shape index (κ2) is 6.32. The quantitative estimate of drug-likeness (QED) is 0.734. The number of nitrogens with zero attached hydrogens (tertiary/aromatic N) is 3. The SMILES string of the molecule is CCn1cc(CNC(c2nc3ccccc3[nH]2)C(C)C)cn1. The van der Waals surface area contributed by atoms with Crippen LogP contribution in [0.25, 0.3) is 11.0 Å². The molecule has 0 saturated heterocycles. The Bertz CT molecular complexity index is 707. The predicted octanol–water partition coefficient (Wildman–Crippen LogP) is 3.27. The zero-order valence-electron chi connectivity index (χ0n) is 13.4. The standard InChI is InChI=1S/C17H23N5/c1-4-22-11-13(10-19-22)9-18-16(12(2)3)17-20-14-7-5-6-8-15(14)21-17/h5-8,10-12,16,18H,4,9H2,1-3H3,(H,20,21). The largest absolute Gasteiger partial charge is 0.341 e. The molecular weight excluding hydrogens is 274 g/mol. The van der Waals surface area contributed by atoms with E-state index in [9.17, 15) is 0 Å². The van der Waals surface area contributed by atoms with Gasteiger partial charge in [0.25, 0.3) is 0 Å². The summed E-state index contributed by atoms with van der Waals surface area (Å²) in [5, 5.41) is 7.92. The molecule has 116 valence electrons. The lowest BCUT2D eigenvalue weighted by atomic mass is 10.0. The first-order valence-corrected chi connectivity index (χ1v) is 7.86. The van der Waals surface area contributed by atoms with Gasteiger partial charge in [-0.25, -0.2) is 4.98 Å². The monoisotopic (exact) mass is 297 g/mol. The highest BCUT2D eigenvalue weighted by Crippen LogP contribution is 2.22. The number of benzene rings is 1. The molecule has 22 heavy (non-hydrogen) atoms. The highest BCUT2D eigenvalue weighted by molar-refractivity contribution is 5.74. The number of fused-ring (bicyclic) bond motifs is 1. The van der Waals surface area contributed by atoms with Crippen LogP contribution >= 0.6 is 0 Å². The van der Waals surface area contributed by atoms with Crippen LogP contribution < -0.4 is 5.32 Å². The van der Waals surface area contributed by atoms with Crippen molar-refractivity contribution in [1.29, 1.82) is 0 Å². The van der Waals surface area contributed by atoms with Crippen molar-refractivity contribution >= 4 is 11.0 Å². The van der Waals surface area contributed by atoms with E-state index < -0.39 is 0 Å². The van der Waals surface area contributed by atoms with Crippen LogP contribution in [0.4, 0.5) is 0 Å². The Morgan fingerprint density at radius 2 is 2.09 bits per heavy atom. The third-order valence-corrected chi connectivity index (χ3v) is 3.91. The average molecular weight is 297 g/mol. The first kappa shape index (κ1) is 14.8. The molecule has 0 saturated carbocycles. The molecule has 0 aliphatic rings. The van der Waals surface area contributed by atoms with Crippen LogP contribution in [0.2, 0.25) is 0 Å². The minimum absolute atomic E-state index is 0.192. The summed E-state index contributed by atoms with van der Waals surface area (Å²) in [5.41, 5.74) is 3.30. The van der Waals surface area contributed by atoms with Crippen molar-refractivity contribution in [2.45, 2.75) is 39.9 Å². The molecule has 5 nitrogen and oxygen atoms in total. The number of rotatable bonds is 6. The van der Waals surface area contributed by atoms with E-state index in [2.05, 4.69) is 48.4 Å². The van der Waals surface area contributed by atoms with Crippen LogP contribution in [-0.2, 0) is 13.1 Å². The molecule has 0 aliphatic carbocycles. The number of hydrogen-bond acceptors (Lipinski definition) is 3. The summed E-state index contributed by atoms with van der Waals surface area (Å²) < 4.78 is 1.95. The van der Waals surface area contributed by atoms with Gasteiger partial charge >= 0.3 is 0 Å². The Morgan fingerprint density at radius 1 is 1.27 bits per heavy atom. The number of aromatic nitrogens is 4. The molecule has 1 atom stereocenters. The van der Waals surface area contributed by atoms with Crippen LogP contribution in [0.1, 0.15) is 38.2 Å². The number of imidazole rings is 1. The topological polar surface area (TPSA) is 58.5 Å². The van der Waals surface area contributed by atoms with Crippen LogP contribution in [0.15, 0.2) is 36.7 Å². The number of nitrogens with one attached hydrogen (secondary N) is 2. The molecule has 1 aromatic carbocycles. The molecule has 2 heterocycles. The highest BCUT2D eigenvalue weighted by Gasteiger charge is 2.19. The molecule has 0 radical (unpaired) electrons. The van der Waals surface area contributed by atoms with E-state index >= 15 is 0 Å². The molecule has 3 rings (SSSR count). The Labute approximate surface area is 130 Å². The minimum atomic E-state index is 0.192. The van der Waals surface area contributed by atoms with Gasteiger partial charge in [-0.2, -0.15) is 5.10 Å². The lowest BCUT2D eigenvalue weighted by molar-refractivity contribution is 0.396. The first-order chi connectivity index (χ1) is 10.7. The van der Waals surface area contributed by atoms with Crippen molar-refractivity contribution in [3.8, 4) is 0 Å². The summed E-state index contributed by atoms with van der Waals surface area (Å²) in [4.78, 5) is 8.16. The second-order valence-electron chi connectivity index (χ2n) is 5.95. The van der Waals surface area contributed by atoms with E-state index in [1.807, 2.05) is 29.1 Å². The number of H-pyrrole nitrogens is 1. The van der Waals surface area contributed by atoms with E-state index in [-0.39, 0.29) is 6.04 Å². The zero-order valence-corrected chi connectivity index (χ0v) is 13.4. The summed E-state index contributed by atoms with van der Waals surface area (Å²) in [6.07, 6.45) is 4.01. The Kier molecular flexibility index (Phi) is 4.24. The maximum atomic E-state index is 4.73. The summed E-state index contributed by atoms with van der Waals surface area (Å²) >= 11 is 0. The highest BCUT2D eigenvalue weighted by atomic mass is 15.3. The molecule has 2 aromatic heterocycles. The fourth-order valence-corrected chi connectivity index (χ4v) is 2.67. The van der Waals surface area contributed by atoms with Crippen molar-refractivity contribution in [1.82, 2.24) is 25.1 Å². The number of aromatic amines is 1. The normalized spacial score (nSPS) is 13.1. The zero-order chi connectivity index (χ0) is 15.5. The molecule has 0 bridgehead atoms. The molecule has 0 spiro atoms. The Balaban J connectivity index is 1.77. The van der Waals surface area contributed by atoms with Crippen LogP contribution in [0, 0.1) is 5.92 Å². The number of hydrogen-bond donors (Lipinski definition) is 2. The van der Waals surface area contributed by atoms with Gasteiger partial charge in [0, 0.05) is 24.8 Å². The predicted molar refractivity (Wildman–Crippen MR) is 88.4 cm³/mol. The Hall–Kier alpha value is -2.14. The first-order valence-electron chi connectivity index (χ1n) is 7.86. The fourth-order valence-electron chi connectivity index (χ4n) is 2.67. The van der Waals surface area contributed by atoms with Crippen molar-refractivity contribution in [2.75, 3.05) is 0 Å². The Morgan fingerprint density at radius 3 is 2.77 bits per heavy atom. The van der Waals surface area contributed by atoms with Crippen molar-refractivity contribution in [3.63, 3.8) is 0 Å². The maximum absolute atomic E-state index is 4.73. The average Bonchev–Trinajstić information content (AvgIpc) is 3.13. The fraction of sp³-hybridized carbons (Fsp3) is 0.412. The minimum Gasteiger partial charge on any atom is -0.341 e. The molecule has 2 N–H and O–H groups in total. The van der Waals surface area contributed by atoms with Gasteiger partial charge in [0.15, 0.2) is 0 Å². The molecule has 5 heteroatoms. The van der Waals surface area contributed by atoms with E-state index in [1.54, 1.807) is 0 Å². The van der Waals surface area contributed by atoms with Crippen LogP contribution in [-0.4, -0.2) is 19.7 Å². The third-order valence-electron chi connectivity index (χ3n) is 3.91. The molecule has 0 aliphatic heterocycles.